The summed E-state index contributed by atoms with van der Waals surface area (Å²) >= 11 is 6.29. The van der Waals surface area contributed by atoms with Crippen LogP contribution in [-0.4, -0.2) is 46.7 Å². The van der Waals surface area contributed by atoms with Gasteiger partial charge in [0.2, 0.25) is 0 Å². The topological polar surface area (TPSA) is 84.1 Å². The van der Waals surface area contributed by atoms with Gasteiger partial charge in [-0.25, -0.2) is 18.3 Å². The molecule has 8 nitrogen and oxygen atoms in total. The van der Waals surface area contributed by atoms with Crippen LogP contribution in [0.3, 0.4) is 0 Å². The van der Waals surface area contributed by atoms with Crippen LogP contribution in [0.2, 0.25) is 5.02 Å². The predicted molar refractivity (Wildman–Crippen MR) is 104 cm³/mol. The highest BCUT2D eigenvalue weighted by atomic mass is 35.5. The van der Waals surface area contributed by atoms with Crippen LogP contribution >= 0.6 is 11.6 Å². The van der Waals surface area contributed by atoms with Crippen molar-refractivity contribution in [2.75, 3.05) is 6.54 Å². The van der Waals surface area contributed by atoms with E-state index in [1.807, 2.05) is 6.07 Å². The van der Waals surface area contributed by atoms with Crippen molar-refractivity contribution in [2.45, 2.75) is 18.9 Å². The maximum Gasteiger partial charge on any atom is 0.282 e. The quantitative estimate of drug-likeness (QED) is 0.540. The molecule has 1 atom stereocenters. The van der Waals surface area contributed by atoms with Crippen LogP contribution < -0.4 is 0 Å². The van der Waals surface area contributed by atoms with Crippen LogP contribution in [0.15, 0.2) is 36.8 Å². The second kappa shape index (κ2) is 6.91. The van der Waals surface area contributed by atoms with Gasteiger partial charge in [0.1, 0.15) is 17.4 Å². The normalized spacial score (nSPS) is 16.4. The maximum atomic E-state index is 13.4. The molecule has 4 aromatic rings. The van der Waals surface area contributed by atoms with Crippen molar-refractivity contribution in [3.63, 3.8) is 0 Å². The van der Waals surface area contributed by atoms with Crippen molar-refractivity contribution in [3.8, 4) is 0 Å². The zero-order chi connectivity index (χ0) is 21.0. The van der Waals surface area contributed by atoms with Gasteiger partial charge in [-0.1, -0.05) is 11.6 Å². The number of nitrogens with zero attached hydrogens (tertiary/aromatic N) is 6. The van der Waals surface area contributed by atoms with Gasteiger partial charge in [0.05, 0.1) is 28.3 Å². The van der Waals surface area contributed by atoms with Gasteiger partial charge in [0.15, 0.2) is 0 Å². The third kappa shape index (κ3) is 2.86. The number of carbonyl (C=O) groups excluding carboxylic acids is 1. The number of fused-ring (bicyclic) bond motifs is 2. The van der Waals surface area contributed by atoms with Crippen LogP contribution in [0.1, 0.15) is 45.7 Å². The lowest BCUT2D eigenvalue weighted by Crippen LogP contribution is -2.41. The van der Waals surface area contributed by atoms with E-state index in [1.165, 1.54) is 11.7 Å². The van der Waals surface area contributed by atoms with Crippen molar-refractivity contribution in [3.05, 3.63) is 70.3 Å². The number of halogens is 3. The summed E-state index contributed by atoms with van der Waals surface area (Å²) in [6, 6.07) is 5.88. The minimum absolute atomic E-state index is 0.0797. The number of nitrogens with one attached hydrogen (secondary N) is 1. The highest BCUT2D eigenvalue weighted by Crippen LogP contribution is 2.35. The molecule has 0 fully saturated rings. The molecule has 1 aliphatic rings. The Hall–Kier alpha value is -3.27. The van der Waals surface area contributed by atoms with Crippen molar-refractivity contribution in [1.82, 2.24) is 34.3 Å². The summed E-state index contributed by atoms with van der Waals surface area (Å²) in [6.07, 6.45) is 1.15. The summed E-state index contributed by atoms with van der Waals surface area (Å²) in [5.74, 6) is -0.418. The van der Waals surface area contributed by atoms with Crippen molar-refractivity contribution in [2.24, 2.45) is 7.05 Å². The highest BCUT2D eigenvalue weighted by Gasteiger charge is 2.37. The molecule has 30 heavy (non-hydrogen) atoms. The Morgan fingerprint density at radius 1 is 1.33 bits per heavy atom. The minimum atomic E-state index is -2.76. The molecular weight excluding hydrogens is 416 g/mol. The molecule has 0 spiro atoms. The van der Waals surface area contributed by atoms with Crippen LogP contribution in [0.25, 0.3) is 5.52 Å². The largest absolute Gasteiger partial charge is 0.348 e. The molecule has 1 aliphatic heterocycles. The number of aryl methyl sites for hydroxylation is 1. The van der Waals surface area contributed by atoms with Gasteiger partial charge in [-0.2, -0.15) is 10.2 Å². The first-order valence-corrected chi connectivity index (χ1v) is 9.61. The predicted octanol–water partition coefficient (Wildman–Crippen LogP) is 3.17. The second-order valence-corrected chi connectivity index (χ2v) is 7.46. The molecule has 1 amide bonds. The zero-order valence-electron chi connectivity index (χ0n) is 15.8. The van der Waals surface area contributed by atoms with Gasteiger partial charge in [-0.05, 0) is 24.3 Å². The number of imidazole rings is 1. The van der Waals surface area contributed by atoms with Gasteiger partial charge in [0, 0.05) is 31.9 Å². The molecule has 11 heteroatoms. The summed E-state index contributed by atoms with van der Waals surface area (Å²) in [4.78, 5) is 22.5. The molecule has 0 aliphatic carbocycles. The van der Waals surface area contributed by atoms with Crippen molar-refractivity contribution < 1.29 is 13.6 Å². The number of carbonyl (C=O) groups is 1. The molecule has 0 bridgehead atoms. The number of H-pyrrole nitrogens is 1. The van der Waals surface area contributed by atoms with Crippen LogP contribution in [0, 0.1) is 0 Å². The van der Waals surface area contributed by atoms with Gasteiger partial charge >= 0.3 is 0 Å². The summed E-state index contributed by atoms with van der Waals surface area (Å²) in [5, 5.41) is 8.89. The minimum Gasteiger partial charge on any atom is -0.348 e. The molecule has 1 N–H and O–H groups in total. The second-order valence-electron chi connectivity index (χ2n) is 7.05. The Morgan fingerprint density at radius 3 is 2.90 bits per heavy atom. The third-order valence-corrected chi connectivity index (χ3v) is 5.60. The monoisotopic (exact) mass is 431 g/mol. The smallest absolute Gasteiger partial charge is 0.282 e. The first-order chi connectivity index (χ1) is 14.4. The average Bonchev–Trinajstić information content (AvgIpc) is 3.44. The molecular formula is C19H16ClF2N7O. The fraction of sp³-hybridized carbons (Fsp3) is 0.263. The number of aromatic nitrogens is 6. The summed E-state index contributed by atoms with van der Waals surface area (Å²) in [5.41, 5.74) is 2.51. The lowest BCUT2D eigenvalue weighted by molar-refractivity contribution is 0.0675. The number of amides is 1. The Balaban J connectivity index is 1.62. The lowest BCUT2D eigenvalue weighted by Gasteiger charge is -2.33. The fourth-order valence-electron chi connectivity index (χ4n) is 3.87. The molecule has 0 saturated heterocycles. The molecule has 5 heterocycles. The Bertz CT molecular complexity index is 1260. The average molecular weight is 432 g/mol. The van der Waals surface area contributed by atoms with Crippen LogP contribution in [-0.2, 0) is 13.5 Å². The van der Waals surface area contributed by atoms with E-state index < -0.39 is 24.1 Å². The van der Waals surface area contributed by atoms with E-state index in [1.54, 1.807) is 34.1 Å². The zero-order valence-corrected chi connectivity index (χ0v) is 16.5. The van der Waals surface area contributed by atoms with E-state index in [4.69, 9.17) is 11.6 Å². The Kier molecular flexibility index (Phi) is 4.31. The number of rotatable bonds is 3. The van der Waals surface area contributed by atoms with E-state index in [0.717, 1.165) is 11.8 Å². The van der Waals surface area contributed by atoms with Gasteiger partial charge < -0.3 is 9.88 Å². The standard InChI is InChI=1S/C19H16ClF2N7O/c1-27-15(8-13(25-27)18(21)22)19(30)28-6-4-11-16(24-9-23-11)17(28)12-7-14-10(20)3-2-5-29(14)26-12/h2-3,5,7-9,17-18H,4,6H2,1H3,(H,23,24)/t17-/m1/s1. The first kappa shape index (κ1) is 18.7. The van der Waals surface area contributed by atoms with E-state index in [9.17, 15) is 13.6 Å². The van der Waals surface area contributed by atoms with Gasteiger partial charge in [-0.15, -0.1) is 0 Å². The first-order valence-electron chi connectivity index (χ1n) is 9.23. The van der Waals surface area contributed by atoms with Gasteiger partial charge in [0.25, 0.3) is 12.3 Å². The van der Waals surface area contributed by atoms with Crippen LogP contribution in [0.5, 0.6) is 0 Å². The number of hydrogen-bond acceptors (Lipinski definition) is 4. The molecule has 4 aromatic heterocycles. The van der Waals surface area contributed by atoms with E-state index >= 15 is 0 Å². The molecule has 154 valence electrons. The Labute approximate surface area is 174 Å². The summed E-state index contributed by atoms with van der Waals surface area (Å²) in [7, 11) is 1.47. The number of hydrogen-bond donors (Lipinski definition) is 1. The fourth-order valence-corrected chi connectivity index (χ4v) is 4.09. The third-order valence-electron chi connectivity index (χ3n) is 5.28. The maximum absolute atomic E-state index is 13.4. The van der Waals surface area contributed by atoms with Gasteiger partial charge in [-0.3, -0.25) is 9.48 Å². The van der Waals surface area contributed by atoms with Crippen LogP contribution in [0.4, 0.5) is 8.78 Å². The number of alkyl halides is 2. The SMILES string of the molecule is Cn1nc(C(F)F)cc1C(=O)N1CCc2[nH]cnc2[C@H]1c1cc2c(Cl)cccn2n1. The van der Waals surface area contributed by atoms with E-state index in [0.29, 0.717) is 34.9 Å². The molecule has 5 rings (SSSR count). The summed E-state index contributed by atoms with van der Waals surface area (Å²) in [6.45, 7) is 0.371. The van der Waals surface area contributed by atoms with Crippen molar-refractivity contribution >= 4 is 23.0 Å². The molecule has 0 radical (unpaired) electrons. The molecule has 0 aromatic carbocycles. The summed E-state index contributed by atoms with van der Waals surface area (Å²) < 4.78 is 29.0. The Morgan fingerprint density at radius 2 is 2.17 bits per heavy atom. The number of pyridine rings is 1. The molecule has 0 saturated carbocycles. The highest BCUT2D eigenvalue weighted by molar-refractivity contribution is 6.33. The van der Waals surface area contributed by atoms with Crippen molar-refractivity contribution in [1.29, 1.82) is 0 Å². The molecule has 0 unspecified atom stereocenters. The van der Waals surface area contributed by atoms with E-state index in [-0.39, 0.29) is 5.69 Å². The lowest BCUT2D eigenvalue weighted by atomic mass is 9.99. The number of aromatic amines is 1. The van der Waals surface area contributed by atoms with E-state index in [2.05, 4.69) is 20.2 Å².